The summed E-state index contributed by atoms with van der Waals surface area (Å²) in [6, 6.07) is 0. The number of carbonyl (C=O) groups excluding carboxylic acids is 2. The Labute approximate surface area is 95.1 Å². The van der Waals surface area contributed by atoms with Crippen molar-refractivity contribution in [2.75, 3.05) is 6.61 Å². The van der Waals surface area contributed by atoms with Gasteiger partial charge >= 0.3 is 5.97 Å². The van der Waals surface area contributed by atoms with Crippen molar-refractivity contribution in [1.29, 1.82) is 0 Å². The Hall–Kier alpha value is -1.15. The van der Waals surface area contributed by atoms with Crippen LogP contribution in [0, 0.1) is 18.3 Å². The normalized spacial score (nSPS) is 36.6. The second-order valence-electron chi connectivity index (χ2n) is 4.59. The van der Waals surface area contributed by atoms with Gasteiger partial charge in [0.1, 0.15) is 0 Å². The Morgan fingerprint density at radius 3 is 2.81 bits per heavy atom. The molecule has 4 nitrogen and oxygen atoms in total. The molecule has 4 heteroatoms. The van der Waals surface area contributed by atoms with Crippen molar-refractivity contribution in [3.05, 3.63) is 6.42 Å². The average Bonchev–Trinajstić information content (AvgIpc) is 2.30. The van der Waals surface area contributed by atoms with Crippen LogP contribution < -0.4 is 0 Å². The second-order valence-corrected chi connectivity index (χ2v) is 4.59. The number of carbonyl (C=O) groups is 1. The van der Waals surface area contributed by atoms with Gasteiger partial charge in [0.05, 0.1) is 18.1 Å². The molecule has 0 heterocycles. The third-order valence-corrected chi connectivity index (χ3v) is 3.72. The van der Waals surface area contributed by atoms with E-state index >= 15 is 0 Å². The number of isocyanates is 1. The number of esters is 1. The zero-order valence-electron chi connectivity index (χ0n) is 9.44. The van der Waals surface area contributed by atoms with E-state index in [2.05, 4.69) is 4.99 Å². The zero-order valence-corrected chi connectivity index (χ0v) is 9.44. The lowest BCUT2D eigenvalue weighted by atomic mass is 9.61. The van der Waals surface area contributed by atoms with Gasteiger partial charge in [0.2, 0.25) is 6.08 Å². The lowest BCUT2D eigenvalue weighted by Crippen LogP contribution is -2.47. The smallest absolute Gasteiger partial charge is 0.309 e. The lowest BCUT2D eigenvalue weighted by molar-refractivity contribution is -0.151. The second kappa shape index (κ2) is 4.38. The maximum atomic E-state index is 11.7. The number of ether oxygens (including phenoxy) is 1. The van der Waals surface area contributed by atoms with Gasteiger partial charge in [0.25, 0.3) is 0 Å². The Bertz CT molecular complexity index is 325. The largest absolute Gasteiger partial charge is 0.466 e. The van der Waals surface area contributed by atoms with Gasteiger partial charge in [-0.25, -0.2) is 4.79 Å². The monoisotopic (exact) mass is 222 g/mol. The molecular weight excluding hydrogens is 206 g/mol. The molecule has 1 unspecified atom stereocenters. The minimum absolute atomic E-state index is 0.169. The first-order chi connectivity index (χ1) is 7.71. The molecule has 3 aliphatic rings. The van der Waals surface area contributed by atoms with E-state index in [1.54, 1.807) is 13.0 Å². The van der Waals surface area contributed by atoms with Crippen LogP contribution in [-0.2, 0) is 14.3 Å². The number of nitrogens with zero attached hydrogens (tertiary/aromatic N) is 1. The number of fused-ring (bicyclic) bond motifs is 3. The Balaban J connectivity index is 2.13. The molecule has 0 N–H and O–H groups in total. The van der Waals surface area contributed by atoms with Crippen molar-refractivity contribution in [3.8, 4) is 0 Å². The fraction of sp³-hybridized carbons (Fsp3) is 0.750. The van der Waals surface area contributed by atoms with Crippen LogP contribution in [0.1, 0.15) is 32.6 Å². The highest BCUT2D eigenvalue weighted by molar-refractivity contribution is 5.75. The minimum atomic E-state index is -0.437. The summed E-state index contributed by atoms with van der Waals surface area (Å²) in [6.07, 6.45) is 7.17. The number of hydrogen-bond acceptors (Lipinski definition) is 4. The zero-order chi connectivity index (χ0) is 11.6. The molecule has 2 bridgehead atoms. The van der Waals surface area contributed by atoms with Crippen LogP contribution in [0.3, 0.4) is 0 Å². The number of hydrogen-bond donors (Lipinski definition) is 0. The first-order valence-corrected chi connectivity index (χ1v) is 5.82. The van der Waals surface area contributed by atoms with Crippen molar-refractivity contribution in [2.45, 2.75) is 38.1 Å². The van der Waals surface area contributed by atoms with Crippen molar-refractivity contribution < 1.29 is 14.3 Å². The SMILES string of the molecule is CCOC(=O)C1[CH]C2(N=C=O)CCC1CC2. The Morgan fingerprint density at radius 1 is 1.56 bits per heavy atom. The molecule has 0 amide bonds. The van der Waals surface area contributed by atoms with Crippen molar-refractivity contribution in [3.63, 3.8) is 0 Å². The van der Waals surface area contributed by atoms with Crippen LogP contribution in [-0.4, -0.2) is 24.2 Å². The molecule has 0 saturated heterocycles. The van der Waals surface area contributed by atoms with Crippen LogP contribution in [0.5, 0.6) is 0 Å². The summed E-state index contributed by atoms with van der Waals surface area (Å²) in [5.74, 6) is 0.0275. The molecule has 16 heavy (non-hydrogen) atoms. The first-order valence-electron chi connectivity index (χ1n) is 5.82. The summed E-state index contributed by atoms with van der Waals surface area (Å²) in [7, 11) is 0. The summed E-state index contributed by atoms with van der Waals surface area (Å²) in [4.78, 5) is 26.1. The van der Waals surface area contributed by atoms with E-state index in [-0.39, 0.29) is 11.9 Å². The van der Waals surface area contributed by atoms with Gasteiger partial charge in [-0.1, -0.05) is 0 Å². The molecule has 0 aliphatic heterocycles. The Kier molecular flexibility index (Phi) is 3.10. The predicted molar refractivity (Wildman–Crippen MR) is 57.2 cm³/mol. The van der Waals surface area contributed by atoms with Gasteiger partial charge in [-0.2, -0.15) is 4.99 Å². The minimum Gasteiger partial charge on any atom is -0.466 e. The van der Waals surface area contributed by atoms with Crippen molar-refractivity contribution >= 4 is 12.0 Å². The van der Waals surface area contributed by atoms with Gasteiger partial charge < -0.3 is 4.74 Å². The first kappa shape index (κ1) is 11.3. The summed E-state index contributed by atoms with van der Waals surface area (Å²) in [5.41, 5.74) is -0.437. The third kappa shape index (κ3) is 1.90. The molecule has 3 fully saturated rings. The summed E-state index contributed by atoms with van der Waals surface area (Å²) in [5, 5.41) is 0. The molecule has 3 rings (SSSR count). The van der Waals surface area contributed by atoms with Crippen molar-refractivity contribution in [2.24, 2.45) is 16.8 Å². The highest BCUT2D eigenvalue weighted by atomic mass is 16.5. The molecule has 0 aromatic heterocycles. The van der Waals surface area contributed by atoms with Crippen LogP contribution in [0.2, 0.25) is 0 Å². The van der Waals surface area contributed by atoms with E-state index in [1.807, 2.05) is 6.42 Å². The topological polar surface area (TPSA) is 55.7 Å². The van der Waals surface area contributed by atoms with E-state index in [9.17, 15) is 9.59 Å². The number of aliphatic imine (C=N–C) groups is 1. The van der Waals surface area contributed by atoms with Gasteiger partial charge in [0.15, 0.2) is 0 Å². The van der Waals surface area contributed by atoms with Gasteiger partial charge in [-0.05, 0) is 38.5 Å². The highest BCUT2D eigenvalue weighted by Gasteiger charge is 2.49. The van der Waals surface area contributed by atoms with Gasteiger partial charge in [-0.15, -0.1) is 0 Å². The molecule has 1 radical (unpaired) electrons. The van der Waals surface area contributed by atoms with E-state index < -0.39 is 5.54 Å². The van der Waals surface area contributed by atoms with Crippen molar-refractivity contribution in [1.82, 2.24) is 0 Å². The molecule has 0 aromatic carbocycles. The maximum Gasteiger partial charge on any atom is 0.309 e. The van der Waals surface area contributed by atoms with Gasteiger partial charge in [-0.3, -0.25) is 4.79 Å². The maximum absolute atomic E-state index is 11.7. The predicted octanol–water partition coefficient (Wildman–Crippen LogP) is 1.65. The molecule has 0 aromatic rings. The summed E-state index contributed by atoms with van der Waals surface area (Å²) < 4.78 is 5.05. The summed E-state index contributed by atoms with van der Waals surface area (Å²) in [6.45, 7) is 2.21. The van der Waals surface area contributed by atoms with E-state index in [4.69, 9.17) is 4.74 Å². The molecular formula is C12H16NO3. The molecule has 0 spiro atoms. The van der Waals surface area contributed by atoms with Crippen LogP contribution in [0.4, 0.5) is 0 Å². The molecule has 3 aliphatic carbocycles. The fourth-order valence-electron chi connectivity index (χ4n) is 2.88. The standard InChI is InChI=1S/C12H16NO3/c1-2-16-11(15)10-7-12(13-8-14)5-3-9(10)4-6-12/h7,9-10H,2-6H2,1H3. The van der Waals surface area contributed by atoms with Crippen LogP contribution in [0.15, 0.2) is 4.99 Å². The number of rotatable bonds is 3. The lowest BCUT2D eigenvalue weighted by Gasteiger charge is -2.46. The molecule has 87 valence electrons. The van der Waals surface area contributed by atoms with E-state index in [1.165, 1.54) is 0 Å². The molecule has 1 atom stereocenters. The summed E-state index contributed by atoms with van der Waals surface area (Å²) >= 11 is 0. The van der Waals surface area contributed by atoms with Crippen LogP contribution >= 0.6 is 0 Å². The highest BCUT2D eigenvalue weighted by Crippen LogP contribution is 2.49. The average molecular weight is 222 g/mol. The Morgan fingerprint density at radius 2 is 2.25 bits per heavy atom. The quantitative estimate of drug-likeness (QED) is 0.414. The van der Waals surface area contributed by atoms with E-state index in [0.29, 0.717) is 12.5 Å². The van der Waals surface area contributed by atoms with E-state index in [0.717, 1.165) is 25.7 Å². The fourth-order valence-corrected chi connectivity index (χ4v) is 2.88. The van der Waals surface area contributed by atoms with Gasteiger partial charge in [0, 0.05) is 6.42 Å². The van der Waals surface area contributed by atoms with Crippen LogP contribution in [0.25, 0.3) is 0 Å². The molecule has 3 saturated carbocycles. The third-order valence-electron chi connectivity index (χ3n) is 3.72.